The van der Waals surface area contributed by atoms with Gasteiger partial charge in [-0.1, -0.05) is 32.1 Å². The van der Waals surface area contributed by atoms with Crippen molar-refractivity contribution < 1.29 is 19.1 Å². The fourth-order valence-corrected chi connectivity index (χ4v) is 6.46. The number of nitrogens with one attached hydrogen (secondary N) is 2. The van der Waals surface area contributed by atoms with Crippen molar-refractivity contribution in [3.63, 3.8) is 0 Å². The van der Waals surface area contributed by atoms with E-state index in [1.54, 1.807) is 17.2 Å². The highest BCUT2D eigenvalue weighted by atomic mass is 32.1. The molecule has 0 spiro atoms. The van der Waals surface area contributed by atoms with E-state index < -0.39 is 24.2 Å². The fraction of sp³-hybridized carbons (Fsp3) is 0.469. The summed E-state index contributed by atoms with van der Waals surface area (Å²) in [6.45, 7) is 9.32. The van der Waals surface area contributed by atoms with E-state index in [9.17, 15) is 14.4 Å². The maximum absolute atomic E-state index is 14.2. The first-order valence-electron chi connectivity index (χ1n) is 14.7. The molecule has 0 aliphatic carbocycles. The van der Waals surface area contributed by atoms with Crippen LogP contribution in [0.3, 0.4) is 0 Å². The summed E-state index contributed by atoms with van der Waals surface area (Å²) in [5.41, 5.74) is 2.22. The maximum Gasteiger partial charge on any atom is 0.246 e. The zero-order valence-corrected chi connectivity index (χ0v) is 25.3. The zero-order valence-electron chi connectivity index (χ0n) is 24.5. The van der Waals surface area contributed by atoms with Crippen LogP contribution in [-0.2, 0) is 27.2 Å². The Balaban J connectivity index is 1.51. The lowest BCUT2D eigenvalue weighted by Gasteiger charge is -2.30. The molecule has 2 aliphatic heterocycles. The number of fused-ring (bicyclic) bond motifs is 5. The van der Waals surface area contributed by atoms with Crippen molar-refractivity contribution in [1.82, 2.24) is 20.2 Å². The standard InChI is InChI=1S/C32H39N5O4S/c1-5-8-26(20(4)38)35-29(39)27-16-24-17-37(27)31(40)28(19(2)3)36-32-34-23(18-42-32)10-7-6-9-21-11-12-22-13-14-33-30(41-24)25(22)15-21/h5,11-15,18-19,24,26-28H,1,6-10,16-17H2,2-4H3,(H,34,36)(H,35,39)/t24-,26?,27+,28+/m1/s1. The van der Waals surface area contributed by atoms with Gasteiger partial charge in [-0.2, -0.15) is 0 Å². The van der Waals surface area contributed by atoms with E-state index in [1.165, 1.54) is 23.8 Å². The number of rotatable bonds is 6. The van der Waals surface area contributed by atoms with Crippen molar-refractivity contribution in [1.29, 1.82) is 0 Å². The minimum absolute atomic E-state index is 0.0667. The van der Waals surface area contributed by atoms with E-state index in [0.29, 0.717) is 17.4 Å². The number of hydrogen-bond donors (Lipinski definition) is 2. The fourth-order valence-electron chi connectivity index (χ4n) is 5.68. The van der Waals surface area contributed by atoms with E-state index in [-0.39, 0.29) is 36.5 Å². The third-order valence-corrected chi connectivity index (χ3v) is 8.86. The van der Waals surface area contributed by atoms with Crippen LogP contribution in [-0.4, -0.2) is 63.2 Å². The number of thiazole rings is 1. The van der Waals surface area contributed by atoms with Crippen molar-refractivity contribution >= 4 is 44.8 Å². The quantitative estimate of drug-likeness (QED) is 0.401. The molecule has 4 atom stereocenters. The van der Waals surface area contributed by atoms with E-state index in [0.717, 1.165) is 42.1 Å². The molecular formula is C32H39N5O4S. The number of hydrogen-bond acceptors (Lipinski definition) is 8. The Morgan fingerprint density at radius 1 is 1.26 bits per heavy atom. The third kappa shape index (κ3) is 6.64. The van der Waals surface area contributed by atoms with Gasteiger partial charge in [-0.05, 0) is 68.0 Å². The molecule has 4 heterocycles. The summed E-state index contributed by atoms with van der Waals surface area (Å²) in [5, 5.41) is 10.9. The summed E-state index contributed by atoms with van der Waals surface area (Å²) in [6, 6.07) is 6.22. The van der Waals surface area contributed by atoms with Crippen LogP contribution in [0.1, 0.15) is 57.7 Å². The Kier molecular flexibility index (Phi) is 9.21. The number of pyridine rings is 1. The second-order valence-corrected chi connectivity index (χ2v) is 12.4. The van der Waals surface area contributed by atoms with Gasteiger partial charge in [0, 0.05) is 23.4 Å². The van der Waals surface area contributed by atoms with E-state index in [4.69, 9.17) is 9.72 Å². The van der Waals surface area contributed by atoms with Crippen LogP contribution in [0.25, 0.3) is 10.8 Å². The molecule has 1 fully saturated rings. The maximum atomic E-state index is 14.2. The Morgan fingerprint density at radius 2 is 2.07 bits per heavy atom. The predicted octanol–water partition coefficient (Wildman–Crippen LogP) is 4.71. The van der Waals surface area contributed by atoms with E-state index in [2.05, 4.69) is 40.4 Å². The first-order valence-corrected chi connectivity index (χ1v) is 15.6. The normalized spacial score (nSPS) is 21.8. The summed E-state index contributed by atoms with van der Waals surface area (Å²) < 4.78 is 6.47. The predicted molar refractivity (Wildman–Crippen MR) is 165 cm³/mol. The van der Waals surface area contributed by atoms with E-state index in [1.807, 2.05) is 25.3 Å². The largest absolute Gasteiger partial charge is 0.472 e. The molecule has 9 nitrogen and oxygen atoms in total. The number of carbonyl (C=O) groups is 3. The number of Topliss-reactive ketones (excluding diaryl/α,β-unsaturated/α-hetero) is 1. The molecule has 222 valence electrons. The van der Waals surface area contributed by atoms with Crippen LogP contribution in [0, 0.1) is 5.92 Å². The third-order valence-electron chi connectivity index (χ3n) is 8.04. The summed E-state index contributed by atoms with van der Waals surface area (Å²) in [7, 11) is 0. The van der Waals surface area contributed by atoms with Gasteiger partial charge in [0.05, 0.1) is 18.3 Å². The van der Waals surface area contributed by atoms with Crippen molar-refractivity contribution in [3.8, 4) is 5.88 Å². The Morgan fingerprint density at radius 3 is 2.83 bits per heavy atom. The number of anilines is 1. The highest BCUT2D eigenvalue weighted by Crippen LogP contribution is 2.31. The van der Waals surface area contributed by atoms with Crippen LogP contribution >= 0.6 is 11.3 Å². The van der Waals surface area contributed by atoms with Crippen LogP contribution in [0.4, 0.5) is 5.13 Å². The zero-order chi connectivity index (χ0) is 29.8. The second kappa shape index (κ2) is 13.0. The smallest absolute Gasteiger partial charge is 0.246 e. The van der Waals surface area contributed by atoms with Crippen LogP contribution in [0.5, 0.6) is 5.88 Å². The number of aryl methyl sites for hydroxylation is 2. The van der Waals surface area contributed by atoms with Gasteiger partial charge in [0.2, 0.25) is 17.7 Å². The minimum Gasteiger partial charge on any atom is -0.472 e. The summed E-state index contributed by atoms with van der Waals surface area (Å²) in [4.78, 5) is 50.9. The lowest BCUT2D eigenvalue weighted by molar-refractivity contribution is -0.140. The molecule has 0 radical (unpaired) electrons. The first-order chi connectivity index (χ1) is 20.2. The molecule has 6 bridgehead atoms. The molecular weight excluding hydrogens is 550 g/mol. The number of carbonyl (C=O) groups excluding carboxylic acids is 3. The molecule has 5 rings (SSSR count). The number of benzene rings is 1. The van der Waals surface area contributed by atoms with Crippen molar-refractivity contribution in [2.24, 2.45) is 5.92 Å². The molecule has 42 heavy (non-hydrogen) atoms. The van der Waals surface area contributed by atoms with Crippen molar-refractivity contribution in [2.45, 2.75) is 83.5 Å². The van der Waals surface area contributed by atoms with Crippen molar-refractivity contribution in [3.05, 3.63) is 59.8 Å². The lowest BCUT2D eigenvalue weighted by Crippen LogP contribution is -2.54. The van der Waals surface area contributed by atoms with Gasteiger partial charge < -0.3 is 20.3 Å². The molecule has 10 heteroatoms. The molecule has 2 aliphatic rings. The number of ketones is 1. The minimum atomic E-state index is -0.809. The Bertz CT molecular complexity index is 1470. The first kappa shape index (κ1) is 29.7. The van der Waals surface area contributed by atoms with Gasteiger partial charge >= 0.3 is 0 Å². The molecule has 2 N–H and O–H groups in total. The highest BCUT2D eigenvalue weighted by molar-refractivity contribution is 7.13. The monoisotopic (exact) mass is 589 g/mol. The average Bonchev–Trinajstić information content (AvgIpc) is 3.60. The average molecular weight is 590 g/mol. The molecule has 1 unspecified atom stereocenters. The Labute approximate surface area is 250 Å². The molecule has 2 aromatic heterocycles. The molecule has 2 amide bonds. The van der Waals surface area contributed by atoms with Crippen LogP contribution in [0.15, 0.2) is 48.5 Å². The van der Waals surface area contributed by atoms with Gasteiger partial charge in [-0.15, -0.1) is 17.9 Å². The topological polar surface area (TPSA) is 114 Å². The van der Waals surface area contributed by atoms with Gasteiger partial charge in [0.25, 0.3) is 0 Å². The summed E-state index contributed by atoms with van der Waals surface area (Å²) >= 11 is 1.49. The molecule has 1 aromatic carbocycles. The molecule has 0 saturated carbocycles. The molecule has 3 aromatic rings. The van der Waals surface area contributed by atoms with Gasteiger partial charge in [0.1, 0.15) is 18.2 Å². The second-order valence-electron chi connectivity index (χ2n) is 11.6. The van der Waals surface area contributed by atoms with Crippen molar-refractivity contribution in [2.75, 3.05) is 11.9 Å². The summed E-state index contributed by atoms with van der Waals surface area (Å²) in [5.74, 6) is -0.320. The van der Waals surface area contributed by atoms with Gasteiger partial charge in [-0.25, -0.2) is 9.97 Å². The van der Waals surface area contributed by atoms with Crippen LogP contribution in [0.2, 0.25) is 0 Å². The number of amides is 2. The van der Waals surface area contributed by atoms with E-state index >= 15 is 0 Å². The highest BCUT2D eigenvalue weighted by Gasteiger charge is 2.44. The number of aromatic nitrogens is 2. The number of ether oxygens (including phenoxy) is 1. The van der Waals surface area contributed by atoms with Gasteiger partial charge in [-0.3, -0.25) is 14.4 Å². The van der Waals surface area contributed by atoms with Crippen LogP contribution < -0.4 is 15.4 Å². The summed E-state index contributed by atoms with van der Waals surface area (Å²) in [6.07, 6.45) is 7.28. The van der Waals surface area contributed by atoms with Gasteiger partial charge in [0.15, 0.2) is 10.9 Å². The lowest BCUT2D eigenvalue weighted by atomic mass is 10.0. The number of nitrogens with zero attached hydrogens (tertiary/aromatic N) is 3. The SMILES string of the molecule is C=CCC(NC(=O)[C@@H]1C[C@@H]2CN1C(=O)[C@H](C(C)C)Nc1nc(cs1)CCCCc1ccc3ccnc(c3c1)O2)C(C)=O. The Hall–Kier alpha value is -3.79. The molecule has 1 saturated heterocycles.